The van der Waals surface area contributed by atoms with Gasteiger partial charge in [0.05, 0.1) is 0 Å². The zero-order chi connectivity index (χ0) is 7.28. The standard InChI is InChI=1S/C6H12ClNO/c1-3-8-6(9)5(2)4-7/h5H,3-4H2,1-2H3,(H,8,9). The van der Waals surface area contributed by atoms with Gasteiger partial charge in [0.1, 0.15) is 0 Å². The molecule has 0 aromatic rings. The van der Waals surface area contributed by atoms with E-state index in [0.717, 1.165) is 0 Å². The second-order valence-electron chi connectivity index (χ2n) is 1.95. The van der Waals surface area contributed by atoms with E-state index in [1.807, 2.05) is 6.92 Å². The maximum absolute atomic E-state index is 10.8. The van der Waals surface area contributed by atoms with Gasteiger partial charge in [-0.1, -0.05) is 6.92 Å². The molecule has 0 rings (SSSR count). The summed E-state index contributed by atoms with van der Waals surface area (Å²) in [5, 5.41) is 2.67. The van der Waals surface area contributed by atoms with Crippen LogP contribution in [-0.4, -0.2) is 18.3 Å². The van der Waals surface area contributed by atoms with E-state index in [2.05, 4.69) is 5.32 Å². The summed E-state index contributed by atoms with van der Waals surface area (Å²) in [5.74, 6) is 0.366. The summed E-state index contributed by atoms with van der Waals surface area (Å²) in [4.78, 5) is 10.8. The summed E-state index contributed by atoms with van der Waals surface area (Å²) >= 11 is 5.42. The molecule has 0 aromatic carbocycles. The van der Waals surface area contributed by atoms with Crippen LogP contribution < -0.4 is 5.32 Å². The van der Waals surface area contributed by atoms with Gasteiger partial charge in [0.15, 0.2) is 0 Å². The fraction of sp³-hybridized carbons (Fsp3) is 0.833. The summed E-state index contributed by atoms with van der Waals surface area (Å²) in [6, 6.07) is 0. The van der Waals surface area contributed by atoms with Crippen LogP contribution in [0.2, 0.25) is 0 Å². The molecule has 9 heavy (non-hydrogen) atoms. The Balaban J connectivity index is 3.46. The molecule has 1 N–H and O–H groups in total. The summed E-state index contributed by atoms with van der Waals surface area (Å²) < 4.78 is 0. The van der Waals surface area contributed by atoms with Crippen LogP contribution in [0, 0.1) is 5.92 Å². The van der Waals surface area contributed by atoms with Crippen molar-refractivity contribution in [3.63, 3.8) is 0 Å². The molecule has 0 aliphatic heterocycles. The predicted octanol–water partition coefficient (Wildman–Crippen LogP) is 0.997. The number of rotatable bonds is 3. The lowest BCUT2D eigenvalue weighted by Crippen LogP contribution is -2.29. The minimum Gasteiger partial charge on any atom is -0.356 e. The average Bonchev–Trinajstić information content (AvgIpc) is 1.87. The van der Waals surface area contributed by atoms with E-state index in [1.54, 1.807) is 6.92 Å². The largest absolute Gasteiger partial charge is 0.356 e. The van der Waals surface area contributed by atoms with Crippen LogP contribution in [0.4, 0.5) is 0 Å². The minimum atomic E-state index is -0.0633. The zero-order valence-corrected chi connectivity index (χ0v) is 6.53. The van der Waals surface area contributed by atoms with Gasteiger partial charge in [-0.25, -0.2) is 0 Å². The van der Waals surface area contributed by atoms with E-state index in [4.69, 9.17) is 11.6 Å². The van der Waals surface area contributed by atoms with E-state index < -0.39 is 0 Å². The number of carbonyl (C=O) groups excluding carboxylic acids is 1. The van der Waals surface area contributed by atoms with E-state index in [-0.39, 0.29) is 11.8 Å². The maximum atomic E-state index is 10.8. The van der Waals surface area contributed by atoms with Crippen molar-refractivity contribution in [2.24, 2.45) is 5.92 Å². The second kappa shape index (κ2) is 4.62. The van der Waals surface area contributed by atoms with Gasteiger partial charge < -0.3 is 5.32 Å². The van der Waals surface area contributed by atoms with Gasteiger partial charge in [0, 0.05) is 18.3 Å². The molecule has 0 saturated heterocycles. The van der Waals surface area contributed by atoms with Gasteiger partial charge in [-0.2, -0.15) is 0 Å². The van der Waals surface area contributed by atoms with Crippen LogP contribution >= 0.6 is 11.6 Å². The molecule has 0 aliphatic rings. The van der Waals surface area contributed by atoms with Crippen molar-refractivity contribution in [3.8, 4) is 0 Å². The number of amides is 1. The first-order valence-electron chi connectivity index (χ1n) is 3.06. The highest BCUT2D eigenvalue weighted by Gasteiger charge is 2.08. The summed E-state index contributed by atoms with van der Waals surface area (Å²) in [6.45, 7) is 4.37. The van der Waals surface area contributed by atoms with Crippen LogP contribution in [0.25, 0.3) is 0 Å². The third-order valence-corrected chi connectivity index (χ3v) is 1.49. The summed E-state index contributed by atoms with van der Waals surface area (Å²) in [6.07, 6.45) is 0. The lowest BCUT2D eigenvalue weighted by Gasteiger charge is -2.05. The smallest absolute Gasteiger partial charge is 0.224 e. The number of hydrogen-bond donors (Lipinski definition) is 1. The van der Waals surface area contributed by atoms with Crippen LogP contribution in [0.3, 0.4) is 0 Å². The van der Waals surface area contributed by atoms with Crippen LogP contribution in [0.1, 0.15) is 13.8 Å². The highest BCUT2D eigenvalue weighted by Crippen LogP contribution is 1.96. The number of alkyl halides is 1. The quantitative estimate of drug-likeness (QED) is 0.596. The number of carbonyl (C=O) groups is 1. The van der Waals surface area contributed by atoms with Crippen LogP contribution in [0.15, 0.2) is 0 Å². The number of halogens is 1. The molecule has 1 atom stereocenters. The lowest BCUT2D eigenvalue weighted by atomic mass is 10.2. The maximum Gasteiger partial charge on any atom is 0.224 e. The van der Waals surface area contributed by atoms with Gasteiger partial charge >= 0.3 is 0 Å². The molecule has 3 heteroatoms. The Morgan fingerprint density at radius 2 is 2.33 bits per heavy atom. The Labute approximate surface area is 60.6 Å². The van der Waals surface area contributed by atoms with Crippen molar-refractivity contribution in [1.29, 1.82) is 0 Å². The van der Waals surface area contributed by atoms with E-state index in [1.165, 1.54) is 0 Å². The van der Waals surface area contributed by atoms with Crippen molar-refractivity contribution in [2.75, 3.05) is 12.4 Å². The fourth-order valence-electron chi connectivity index (χ4n) is 0.419. The molecule has 0 saturated carbocycles. The van der Waals surface area contributed by atoms with Gasteiger partial charge in [0.25, 0.3) is 0 Å². The molecule has 54 valence electrons. The molecular weight excluding hydrogens is 138 g/mol. The number of hydrogen-bond acceptors (Lipinski definition) is 1. The van der Waals surface area contributed by atoms with Gasteiger partial charge in [-0.3, -0.25) is 4.79 Å². The molecule has 0 fully saturated rings. The third kappa shape index (κ3) is 3.36. The molecule has 2 nitrogen and oxygen atoms in total. The van der Waals surface area contributed by atoms with Crippen LogP contribution in [-0.2, 0) is 4.79 Å². The molecule has 0 aliphatic carbocycles. The molecular formula is C6H12ClNO. The van der Waals surface area contributed by atoms with E-state index in [9.17, 15) is 4.79 Å². The number of nitrogens with one attached hydrogen (secondary N) is 1. The first kappa shape index (κ1) is 8.76. The average molecular weight is 150 g/mol. The molecule has 0 radical (unpaired) electrons. The first-order valence-corrected chi connectivity index (χ1v) is 3.59. The first-order chi connectivity index (χ1) is 4.22. The normalized spacial score (nSPS) is 12.8. The topological polar surface area (TPSA) is 29.1 Å². The molecule has 0 spiro atoms. The van der Waals surface area contributed by atoms with E-state index in [0.29, 0.717) is 12.4 Å². The molecule has 0 bridgehead atoms. The van der Waals surface area contributed by atoms with E-state index >= 15 is 0 Å². The summed E-state index contributed by atoms with van der Waals surface area (Å²) in [5.41, 5.74) is 0. The minimum absolute atomic E-state index is 0.0347. The Morgan fingerprint density at radius 3 is 2.67 bits per heavy atom. The Bertz CT molecular complexity index is 95.1. The molecule has 1 amide bonds. The van der Waals surface area contributed by atoms with Crippen molar-refractivity contribution < 1.29 is 4.79 Å². The molecule has 1 unspecified atom stereocenters. The third-order valence-electron chi connectivity index (χ3n) is 1.03. The monoisotopic (exact) mass is 149 g/mol. The van der Waals surface area contributed by atoms with Gasteiger partial charge in [-0.05, 0) is 6.92 Å². The van der Waals surface area contributed by atoms with Gasteiger partial charge in [-0.15, -0.1) is 11.6 Å². The van der Waals surface area contributed by atoms with Crippen molar-refractivity contribution >= 4 is 17.5 Å². The summed E-state index contributed by atoms with van der Waals surface area (Å²) in [7, 11) is 0. The molecule has 0 aromatic heterocycles. The van der Waals surface area contributed by atoms with Gasteiger partial charge in [0.2, 0.25) is 5.91 Å². The highest BCUT2D eigenvalue weighted by molar-refractivity contribution is 6.19. The van der Waals surface area contributed by atoms with Crippen LogP contribution in [0.5, 0.6) is 0 Å². The fourth-order valence-corrected chi connectivity index (χ4v) is 0.559. The van der Waals surface area contributed by atoms with Crippen molar-refractivity contribution in [1.82, 2.24) is 5.32 Å². The predicted molar refractivity (Wildman–Crippen MR) is 38.6 cm³/mol. The van der Waals surface area contributed by atoms with Crippen molar-refractivity contribution in [2.45, 2.75) is 13.8 Å². The Hall–Kier alpha value is -0.240. The highest BCUT2D eigenvalue weighted by atomic mass is 35.5. The van der Waals surface area contributed by atoms with Crippen molar-refractivity contribution in [3.05, 3.63) is 0 Å². The molecule has 0 heterocycles. The lowest BCUT2D eigenvalue weighted by molar-refractivity contribution is -0.123. The Morgan fingerprint density at radius 1 is 1.78 bits per heavy atom. The SMILES string of the molecule is CCNC(=O)C(C)CCl. The zero-order valence-electron chi connectivity index (χ0n) is 5.78. The second-order valence-corrected chi connectivity index (χ2v) is 2.26. The Kier molecular flexibility index (Phi) is 4.50.